The van der Waals surface area contributed by atoms with Crippen molar-refractivity contribution in [2.24, 2.45) is 0 Å². The van der Waals surface area contributed by atoms with Gasteiger partial charge in [0.05, 0.1) is 23.7 Å². The van der Waals surface area contributed by atoms with Crippen LogP contribution in [0.5, 0.6) is 0 Å². The number of pyridine rings is 1. The highest BCUT2D eigenvalue weighted by molar-refractivity contribution is 9.10. The number of aromatic nitrogens is 1. The van der Waals surface area contributed by atoms with Crippen LogP contribution in [0, 0.1) is 0 Å². The number of nitrogens with zero attached hydrogens (tertiary/aromatic N) is 2. The van der Waals surface area contributed by atoms with Crippen LogP contribution >= 0.6 is 15.9 Å². The molecule has 1 aromatic heterocycles. The normalized spacial score (nSPS) is 12.2. The summed E-state index contributed by atoms with van der Waals surface area (Å²) < 4.78 is 5.01. The van der Waals surface area contributed by atoms with Crippen LogP contribution < -0.4 is 0 Å². The monoisotopic (exact) mass is 300 g/mol. The molecule has 0 aliphatic heterocycles. The minimum absolute atomic E-state index is 0.0488. The Labute approximate surface area is 110 Å². The minimum atomic E-state index is -0.192. The third kappa shape index (κ3) is 4.83. The lowest BCUT2D eigenvalue weighted by Gasteiger charge is -2.23. The molecule has 1 aromatic rings. The summed E-state index contributed by atoms with van der Waals surface area (Å²) in [6.07, 6.45) is 1.73. The fourth-order valence-corrected chi connectivity index (χ4v) is 1.70. The maximum absolute atomic E-state index is 11.9. The van der Waals surface area contributed by atoms with Crippen molar-refractivity contribution in [3.63, 3.8) is 0 Å². The van der Waals surface area contributed by atoms with E-state index in [1.807, 2.05) is 25.1 Å². The van der Waals surface area contributed by atoms with Gasteiger partial charge in [-0.1, -0.05) is 22.0 Å². The van der Waals surface area contributed by atoms with E-state index in [1.165, 1.54) is 0 Å². The highest BCUT2D eigenvalue weighted by Gasteiger charge is 2.18. The number of carbonyl (C=O) groups is 1. The molecule has 0 saturated carbocycles. The van der Waals surface area contributed by atoms with Gasteiger partial charge in [-0.15, -0.1) is 0 Å². The molecule has 4 nitrogen and oxygen atoms in total. The molecule has 1 rings (SSSR count). The average Bonchev–Trinajstić information content (AvgIpc) is 2.34. The number of methoxy groups -OCH3 is 1. The van der Waals surface area contributed by atoms with E-state index in [9.17, 15) is 4.79 Å². The molecular weight excluding hydrogens is 284 g/mol. The summed E-state index contributed by atoms with van der Waals surface area (Å²) >= 11 is 3.29. The maximum atomic E-state index is 11.9. The van der Waals surface area contributed by atoms with Crippen LogP contribution in [0.25, 0.3) is 0 Å². The number of amides is 1. The first-order valence-corrected chi connectivity index (χ1v) is 6.38. The molecule has 0 aromatic carbocycles. The lowest BCUT2D eigenvalue weighted by molar-refractivity contribution is -0.131. The molecule has 1 heterocycles. The van der Waals surface area contributed by atoms with Crippen molar-refractivity contribution >= 4 is 21.8 Å². The topological polar surface area (TPSA) is 42.4 Å². The van der Waals surface area contributed by atoms with Gasteiger partial charge in [0.1, 0.15) is 0 Å². The number of rotatable bonds is 6. The SMILES string of the molecule is COCCN(Cc1ccccn1)C(=O)C(C)Br. The molecule has 0 aliphatic rings. The standard InChI is InChI=1S/C12H17BrN2O2/c1-10(13)12(16)15(7-8-17-2)9-11-5-3-4-6-14-11/h3-6,10H,7-9H2,1-2H3. The summed E-state index contributed by atoms with van der Waals surface area (Å²) in [6.45, 7) is 3.43. The molecule has 0 aliphatic carbocycles. The van der Waals surface area contributed by atoms with Gasteiger partial charge < -0.3 is 9.64 Å². The largest absolute Gasteiger partial charge is 0.383 e. The van der Waals surface area contributed by atoms with Crippen LogP contribution in [0.1, 0.15) is 12.6 Å². The smallest absolute Gasteiger partial charge is 0.236 e. The van der Waals surface area contributed by atoms with Gasteiger partial charge in [0, 0.05) is 19.9 Å². The van der Waals surface area contributed by atoms with E-state index in [2.05, 4.69) is 20.9 Å². The summed E-state index contributed by atoms with van der Waals surface area (Å²) in [5, 5.41) is 0. The summed E-state index contributed by atoms with van der Waals surface area (Å²) in [5.74, 6) is 0.0488. The van der Waals surface area contributed by atoms with Crippen molar-refractivity contribution in [2.75, 3.05) is 20.3 Å². The van der Waals surface area contributed by atoms with Crippen molar-refractivity contribution in [1.82, 2.24) is 9.88 Å². The van der Waals surface area contributed by atoms with E-state index < -0.39 is 0 Å². The quantitative estimate of drug-likeness (QED) is 0.753. The van der Waals surface area contributed by atoms with Crippen molar-refractivity contribution in [3.05, 3.63) is 30.1 Å². The Balaban J connectivity index is 2.66. The first-order chi connectivity index (χ1) is 8.15. The Hall–Kier alpha value is -0.940. The van der Waals surface area contributed by atoms with E-state index in [4.69, 9.17) is 4.74 Å². The number of hydrogen-bond acceptors (Lipinski definition) is 3. The third-order valence-corrected chi connectivity index (χ3v) is 2.69. The molecule has 0 bridgehead atoms. The highest BCUT2D eigenvalue weighted by Crippen LogP contribution is 2.08. The van der Waals surface area contributed by atoms with Gasteiger partial charge in [0.2, 0.25) is 5.91 Å². The summed E-state index contributed by atoms with van der Waals surface area (Å²) in [6, 6.07) is 5.68. The second-order valence-corrected chi connectivity index (χ2v) is 5.06. The Kier molecular flexibility index (Phi) is 6.15. The van der Waals surface area contributed by atoms with Gasteiger partial charge in [0.15, 0.2) is 0 Å². The minimum Gasteiger partial charge on any atom is -0.383 e. The van der Waals surface area contributed by atoms with Crippen molar-refractivity contribution in [3.8, 4) is 0 Å². The third-order valence-electron chi connectivity index (χ3n) is 2.30. The number of carbonyl (C=O) groups excluding carboxylic acids is 1. The predicted molar refractivity (Wildman–Crippen MR) is 69.9 cm³/mol. The fraction of sp³-hybridized carbons (Fsp3) is 0.500. The van der Waals surface area contributed by atoms with Gasteiger partial charge in [-0.2, -0.15) is 0 Å². The molecule has 5 heteroatoms. The van der Waals surface area contributed by atoms with E-state index in [0.29, 0.717) is 19.7 Å². The predicted octanol–water partition coefficient (Wildman–Crippen LogP) is 1.84. The zero-order chi connectivity index (χ0) is 12.7. The molecule has 94 valence electrons. The Bertz CT molecular complexity index is 344. The van der Waals surface area contributed by atoms with Crippen molar-refractivity contribution in [2.45, 2.75) is 18.3 Å². The Morgan fingerprint density at radius 3 is 2.88 bits per heavy atom. The number of ether oxygens (including phenoxy) is 1. The summed E-state index contributed by atoms with van der Waals surface area (Å²) in [4.78, 5) is 17.7. The van der Waals surface area contributed by atoms with E-state index in [0.717, 1.165) is 5.69 Å². The first-order valence-electron chi connectivity index (χ1n) is 5.47. The second-order valence-electron chi connectivity index (χ2n) is 3.69. The van der Waals surface area contributed by atoms with Crippen LogP contribution in [0.4, 0.5) is 0 Å². The summed E-state index contributed by atoms with van der Waals surface area (Å²) in [5.41, 5.74) is 0.880. The van der Waals surface area contributed by atoms with E-state index in [-0.39, 0.29) is 10.7 Å². The average molecular weight is 301 g/mol. The Morgan fingerprint density at radius 2 is 2.35 bits per heavy atom. The molecule has 1 unspecified atom stereocenters. The van der Waals surface area contributed by atoms with Gasteiger partial charge in [-0.3, -0.25) is 9.78 Å². The second kappa shape index (κ2) is 7.40. The maximum Gasteiger partial charge on any atom is 0.236 e. The van der Waals surface area contributed by atoms with Crippen LogP contribution in [0.2, 0.25) is 0 Å². The fourth-order valence-electron chi connectivity index (χ4n) is 1.41. The number of alkyl halides is 1. The van der Waals surface area contributed by atoms with Crippen LogP contribution in [0.3, 0.4) is 0 Å². The van der Waals surface area contributed by atoms with Crippen molar-refractivity contribution < 1.29 is 9.53 Å². The zero-order valence-corrected chi connectivity index (χ0v) is 11.7. The number of halogens is 1. The van der Waals surface area contributed by atoms with E-state index in [1.54, 1.807) is 18.2 Å². The molecule has 17 heavy (non-hydrogen) atoms. The van der Waals surface area contributed by atoms with E-state index >= 15 is 0 Å². The van der Waals surface area contributed by atoms with Gasteiger partial charge in [-0.25, -0.2) is 0 Å². The lowest BCUT2D eigenvalue weighted by atomic mass is 10.3. The lowest BCUT2D eigenvalue weighted by Crippen LogP contribution is -2.37. The molecule has 0 radical (unpaired) electrons. The van der Waals surface area contributed by atoms with Crippen LogP contribution in [0.15, 0.2) is 24.4 Å². The van der Waals surface area contributed by atoms with Gasteiger partial charge >= 0.3 is 0 Å². The molecule has 0 N–H and O–H groups in total. The van der Waals surface area contributed by atoms with Crippen LogP contribution in [-0.4, -0.2) is 40.9 Å². The highest BCUT2D eigenvalue weighted by atomic mass is 79.9. The Morgan fingerprint density at radius 1 is 1.59 bits per heavy atom. The molecule has 1 amide bonds. The van der Waals surface area contributed by atoms with Crippen molar-refractivity contribution in [1.29, 1.82) is 0 Å². The molecule has 0 spiro atoms. The van der Waals surface area contributed by atoms with Crippen LogP contribution in [-0.2, 0) is 16.1 Å². The molecular formula is C12H17BrN2O2. The first kappa shape index (κ1) is 14.1. The van der Waals surface area contributed by atoms with Gasteiger partial charge in [-0.05, 0) is 19.1 Å². The molecule has 0 saturated heterocycles. The number of hydrogen-bond donors (Lipinski definition) is 0. The zero-order valence-electron chi connectivity index (χ0n) is 10.1. The summed E-state index contributed by atoms with van der Waals surface area (Å²) in [7, 11) is 1.63. The molecule has 1 atom stereocenters. The molecule has 0 fully saturated rings. The van der Waals surface area contributed by atoms with Gasteiger partial charge in [0.25, 0.3) is 0 Å².